The summed E-state index contributed by atoms with van der Waals surface area (Å²) in [5, 5.41) is 9.09. The Morgan fingerprint density at radius 1 is 1.26 bits per heavy atom. The second-order valence-corrected chi connectivity index (χ2v) is 5.42. The molecule has 4 nitrogen and oxygen atoms in total. The first-order valence-corrected chi connectivity index (χ1v) is 6.96. The molecule has 4 heteroatoms. The fourth-order valence-corrected chi connectivity index (χ4v) is 2.96. The molecular weight excluding hydrogens is 242 g/mol. The first kappa shape index (κ1) is 15.6. The number of hydrogen-bond donors (Lipinski definition) is 1. The van der Waals surface area contributed by atoms with Gasteiger partial charge in [-0.25, -0.2) is 0 Å². The lowest BCUT2D eigenvalue weighted by molar-refractivity contribution is -0.142. The van der Waals surface area contributed by atoms with Gasteiger partial charge in [0.1, 0.15) is 0 Å². The monoisotopic (exact) mass is 265 g/mol. The second kappa shape index (κ2) is 7.18. The number of hydrogen-bond acceptors (Lipinski definition) is 2. The van der Waals surface area contributed by atoms with Crippen molar-refractivity contribution < 1.29 is 14.7 Å². The molecule has 19 heavy (non-hydrogen) atoms. The standard InChI is InChI=1S/C15H23NO3/c1-3-10-16(4-2)13(17)11-15(12-14(18)19)8-6-5-7-9-15/h1H,4-12H2,2H3,(H,18,19). The van der Waals surface area contributed by atoms with Crippen LogP contribution in [0, 0.1) is 17.8 Å². The summed E-state index contributed by atoms with van der Waals surface area (Å²) in [4.78, 5) is 24.9. The molecule has 0 bridgehead atoms. The molecule has 0 aromatic carbocycles. The van der Waals surface area contributed by atoms with Crippen LogP contribution in [0.2, 0.25) is 0 Å². The van der Waals surface area contributed by atoms with E-state index in [1.807, 2.05) is 6.92 Å². The van der Waals surface area contributed by atoms with Crippen LogP contribution in [0.1, 0.15) is 51.9 Å². The molecule has 0 atom stereocenters. The van der Waals surface area contributed by atoms with Crippen molar-refractivity contribution in [1.82, 2.24) is 4.90 Å². The van der Waals surface area contributed by atoms with Gasteiger partial charge < -0.3 is 10.0 Å². The molecular formula is C15H23NO3. The zero-order chi connectivity index (χ0) is 14.3. The van der Waals surface area contributed by atoms with Gasteiger partial charge in [-0.05, 0) is 25.2 Å². The smallest absolute Gasteiger partial charge is 0.303 e. The highest BCUT2D eigenvalue weighted by Crippen LogP contribution is 2.42. The third-order valence-electron chi connectivity index (χ3n) is 3.98. The summed E-state index contributed by atoms with van der Waals surface area (Å²) in [5.41, 5.74) is -0.358. The molecule has 1 rings (SSSR count). The van der Waals surface area contributed by atoms with Crippen molar-refractivity contribution in [2.45, 2.75) is 51.9 Å². The zero-order valence-corrected chi connectivity index (χ0v) is 11.7. The predicted octanol–water partition coefficient (Wildman–Crippen LogP) is 2.28. The van der Waals surface area contributed by atoms with E-state index in [1.54, 1.807) is 4.90 Å². The van der Waals surface area contributed by atoms with Gasteiger partial charge in [0.25, 0.3) is 0 Å². The fraction of sp³-hybridized carbons (Fsp3) is 0.733. The number of aliphatic carboxylic acids is 1. The summed E-state index contributed by atoms with van der Waals surface area (Å²) < 4.78 is 0. The molecule has 1 fully saturated rings. The van der Waals surface area contributed by atoms with Crippen LogP contribution in [-0.4, -0.2) is 35.0 Å². The molecule has 0 aromatic rings. The molecule has 0 aliphatic heterocycles. The average Bonchev–Trinajstić information content (AvgIpc) is 2.35. The van der Waals surface area contributed by atoms with Crippen LogP contribution in [0.25, 0.3) is 0 Å². The normalized spacial score (nSPS) is 17.5. The first-order chi connectivity index (χ1) is 9.03. The number of nitrogens with zero attached hydrogens (tertiary/aromatic N) is 1. The van der Waals surface area contributed by atoms with Crippen molar-refractivity contribution in [3.05, 3.63) is 0 Å². The van der Waals surface area contributed by atoms with Gasteiger partial charge in [-0.15, -0.1) is 6.42 Å². The summed E-state index contributed by atoms with van der Waals surface area (Å²) in [5.74, 6) is 1.66. The van der Waals surface area contributed by atoms with Gasteiger partial charge in [-0.1, -0.05) is 25.2 Å². The summed E-state index contributed by atoms with van der Waals surface area (Å²) in [6.45, 7) is 2.77. The molecule has 1 N–H and O–H groups in total. The summed E-state index contributed by atoms with van der Waals surface area (Å²) in [7, 11) is 0. The molecule has 0 heterocycles. The van der Waals surface area contributed by atoms with Crippen LogP contribution in [0.3, 0.4) is 0 Å². The Morgan fingerprint density at radius 3 is 2.37 bits per heavy atom. The van der Waals surface area contributed by atoms with E-state index in [0.717, 1.165) is 32.1 Å². The van der Waals surface area contributed by atoms with E-state index < -0.39 is 5.97 Å². The molecule has 0 unspecified atom stereocenters. The van der Waals surface area contributed by atoms with Crippen molar-refractivity contribution >= 4 is 11.9 Å². The van der Waals surface area contributed by atoms with E-state index in [4.69, 9.17) is 11.5 Å². The van der Waals surface area contributed by atoms with Crippen molar-refractivity contribution in [3.8, 4) is 12.3 Å². The van der Waals surface area contributed by atoms with E-state index in [2.05, 4.69) is 5.92 Å². The summed E-state index contributed by atoms with van der Waals surface area (Å²) >= 11 is 0. The summed E-state index contributed by atoms with van der Waals surface area (Å²) in [6.07, 6.45) is 10.5. The summed E-state index contributed by atoms with van der Waals surface area (Å²) in [6, 6.07) is 0. The molecule has 0 spiro atoms. The molecule has 1 saturated carbocycles. The van der Waals surface area contributed by atoms with Crippen LogP contribution >= 0.6 is 0 Å². The number of carboxylic acid groups (broad SMARTS) is 1. The Hall–Kier alpha value is -1.50. The quantitative estimate of drug-likeness (QED) is 0.750. The fourth-order valence-electron chi connectivity index (χ4n) is 2.96. The number of carbonyl (C=O) groups excluding carboxylic acids is 1. The number of carboxylic acids is 1. The van der Waals surface area contributed by atoms with Crippen molar-refractivity contribution in [2.75, 3.05) is 13.1 Å². The van der Waals surface area contributed by atoms with Gasteiger partial charge in [0.2, 0.25) is 5.91 Å². The van der Waals surface area contributed by atoms with Crippen molar-refractivity contribution in [1.29, 1.82) is 0 Å². The number of amides is 1. The highest BCUT2D eigenvalue weighted by atomic mass is 16.4. The maximum Gasteiger partial charge on any atom is 0.303 e. The number of carbonyl (C=O) groups is 2. The van der Waals surface area contributed by atoms with E-state index in [9.17, 15) is 9.59 Å². The van der Waals surface area contributed by atoms with E-state index in [0.29, 0.717) is 19.5 Å². The van der Waals surface area contributed by atoms with Crippen LogP contribution in [0.5, 0.6) is 0 Å². The van der Waals surface area contributed by atoms with Gasteiger partial charge in [0.05, 0.1) is 13.0 Å². The third-order valence-corrected chi connectivity index (χ3v) is 3.98. The average molecular weight is 265 g/mol. The Balaban J connectivity index is 2.74. The zero-order valence-electron chi connectivity index (χ0n) is 11.7. The van der Waals surface area contributed by atoms with Crippen molar-refractivity contribution in [2.24, 2.45) is 5.41 Å². The largest absolute Gasteiger partial charge is 0.481 e. The molecule has 0 aromatic heterocycles. The molecule has 1 aliphatic rings. The number of terminal acetylenes is 1. The van der Waals surface area contributed by atoms with Crippen molar-refractivity contribution in [3.63, 3.8) is 0 Å². The second-order valence-electron chi connectivity index (χ2n) is 5.42. The maximum atomic E-state index is 12.3. The predicted molar refractivity (Wildman–Crippen MR) is 73.5 cm³/mol. The van der Waals surface area contributed by atoms with Gasteiger partial charge in [-0.3, -0.25) is 9.59 Å². The molecule has 0 saturated heterocycles. The van der Waals surface area contributed by atoms with E-state index in [1.165, 1.54) is 0 Å². The minimum absolute atomic E-state index is 0.0106. The molecule has 106 valence electrons. The van der Waals surface area contributed by atoms with Gasteiger partial charge in [0.15, 0.2) is 0 Å². The minimum Gasteiger partial charge on any atom is -0.481 e. The minimum atomic E-state index is -0.810. The van der Waals surface area contributed by atoms with Crippen LogP contribution in [-0.2, 0) is 9.59 Å². The molecule has 1 aliphatic carbocycles. The first-order valence-electron chi connectivity index (χ1n) is 6.96. The lowest BCUT2D eigenvalue weighted by Crippen LogP contribution is -2.38. The molecule has 1 amide bonds. The van der Waals surface area contributed by atoms with Crippen LogP contribution in [0.15, 0.2) is 0 Å². The molecule has 0 radical (unpaired) electrons. The highest BCUT2D eigenvalue weighted by molar-refractivity contribution is 5.78. The van der Waals surface area contributed by atoms with Gasteiger partial charge in [0, 0.05) is 13.0 Å². The lowest BCUT2D eigenvalue weighted by Gasteiger charge is -2.36. The SMILES string of the molecule is C#CCN(CC)C(=O)CC1(CC(=O)O)CCCCC1. The Kier molecular flexibility index (Phi) is 5.88. The Labute approximate surface area is 115 Å². The Morgan fingerprint density at radius 2 is 1.89 bits per heavy atom. The maximum absolute atomic E-state index is 12.3. The highest BCUT2D eigenvalue weighted by Gasteiger charge is 2.37. The topological polar surface area (TPSA) is 57.6 Å². The van der Waals surface area contributed by atoms with E-state index >= 15 is 0 Å². The van der Waals surface area contributed by atoms with Crippen LogP contribution in [0.4, 0.5) is 0 Å². The Bertz CT molecular complexity index is 364. The van der Waals surface area contributed by atoms with Crippen LogP contribution < -0.4 is 0 Å². The van der Waals surface area contributed by atoms with Gasteiger partial charge >= 0.3 is 5.97 Å². The van der Waals surface area contributed by atoms with E-state index in [-0.39, 0.29) is 17.7 Å². The van der Waals surface area contributed by atoms with Gasteiger partial charge in [-0.2, -0.15) is 0 Å². The third kappa shape index (κ3) is 4.59. The lowest BCUT2D eigenvalue weighted by atomic mass is 9.69. The number of rotatable bonds is 6.